The zero-order valence-electron chi connectivity index (χ0n) is 13.2. The minimum atomic E-state index is -1.11. The number of alkyl halides is 1. The fourth-order valence-corrected chi connectivity index (χ4v) is 2.29. The number of halogens is 1. The molecule has 22 heavy (non-hydrogen) atoms. The smallest absolute Gasteiger partial charge is 0.325 e. The van der Waals surface area contributed by atoms with Crippen LogP contribution in [-0.2, 0) is 19.2 Å². The number of ketones is 2. The van der Waals surface area contributed by atoms with Gasteiger partial charge in [-0.15, -0.1) is 0 Å². The van der Waals surface area contributed by atoms with Gasteiger partial charge in [0.2, 0.25) is 5.91 Å². The third-order valence-electron chi connectivity index (χ3n) is 3.38. The Labute approximate surface area is 144 Å². The second-order valence-electron chi connectivity index (χ2n) is 5.69. The normalized spacial score (nSPS) is 13.5. The quantitative estimate of drug-likeness (QED) is 0.390. The number of carboxylic acids is 1. The zero-order valence-corrected chi connectivity index (χ0v) is 15.4. The third kappa shape index (κ3) is 8.45. The summed E-state index contributed by atoms with van der Waals surface area (Å²) < 4.78 is 0.441. The van der Waals surface area contributed by atoms with E-state index in [1.807, 2.05) is 36.4 Å². The Kier molecular flexibility index (Phi) is 10.2. The minimum absolute atomic E-state index is 0.0686. The number of hydrogen-bond donors (Lipinski definition) is 2. The SMILES string of the molecule is CC(C)[C@H](CC(=O)CCCC(=O)CI)C(=O)N[C@@H](C)C(=O)O. The number of carboxylic acid groups (broad SMARTS) is 1. The van der Waals surface area contributed by atoms with Gasteiger partial charge in [0.1, 0.15) is 17.6 Å². The maximum absolute atomic E-state index is 12.1. The number of carbonyl (C=O) groups excluding carboxylic acids is 3. The largest absolute Gasteiger partial charge is 0.480 e. The number of Topliss-reactive ketones (excluding diaryl/α,β-unsaturated/α-hetero) is 2. The van der Waals surface area contributed by atoms with E-state index in [0.717, 1.165) is 0 Å². The Hall–Kier alpha value is -0.990. The highest BCUT2D eigenvalue weighted by Crippen LogP contribution is 2.18. The van der Waals surface area contributed by atoms with E-state index in [9.17, 15) is 19.2 Å². The number of aliphatic carboxylic acids is 1. The molecule has 2 N–H and O–H groups in total. The zero-order chi connectivity index (χ0) is 17.3. The highest BCUT2D eigenvalue weighted by Gasteiger charge is 2.27. The van der Waals surface area contributed by atoms with Crippen LogP contribution in [0, 0.1) is 11.8 Å². The Morgan fingerprint density at radius 2 is 1.59 bits per heavy atom. The van der Waals surface area contributed by atoms with E-state index < -0.39 is 23.8 Å². The molecule has 126 valence electrons. The van der Waals surface area contributed by atoms with Gasteiger partial charge in [-0.25, -0.2) is 0 Å². The van der Waals surface area contributed by atoms with Gasteiger partial charge in [-0.2, -0.15) is 0 Å². The molecule has 6 nitrogen and oxygen atoms in total. The number of hydrogen-bond acceptors (Lipinski definition) is 4. The van der Waals surface area contributed by atoms with E-state index >= 15 is 0 Å². The van der Waals surface area contributed by atoms with Crippen LogP contribution in [0.1, 0.15) is 46.5 Å². The fraction of sp³-hybridized carbons (Fsp3) is 0.733. The van der Waals surface area contributed by atoms with Crippen molar-refractivity contribution in [3.05, 3.63) is 0 Å². The van der Waals surface area contributed by atoms with Crippen molar-refractivity contribution in [3.8, 4) is 0 Å². The van der Waals surface area contributed by atoms with Crippen LogP contribution in [0.15, 0.2) is 0 Å². The maximum Gasteiger partial charge on any atom is 0.325 e. The van der Waals surface area contributed by atoms with Gasteiger partial charge in [0.25, 0.3) is 0 Å². The van der Waals surface area contributed by atoms with Crippen LogP contribution in [0.4, 0.5) is 0 Å². The van der Waals surface area contributed by atoms with Gasteiger partial charge < -0.3 is 10.4 Å². The van der Waals surface area contributed by atoms with Crippen molar-refractivity contribution in [2.24, 2.45) is 11.8 Å². The molecular formula is C15H24INO5. The Morgan fingerprint density at radius 3 is 2.05 bits per heavy atom. The van der Waals surface area contributed by atoms with E-state index in [-0.39, 0.29) is 30.3 Å². The Morgan fingerprint density at radius 1 is 1.05 bits per heavy atom. The van der Waals surface area contributed by atoms with E-state index in [0.29, 0.717) is 17.3 Å². The molecule has 0 saturated heterocycles. The summed E-state index contributed by atoms with van der Waals surface area (Å²) in [5.74, 6) is -2.10. The number of nitrogens with one attached hydrogen (secondary N) is 1. The van der Waals surface area contributed by atoms with Crippen molar-refractivity contribution in [2.45, 2.75) is 52.5 Å². The molecule has 0 heterocycles. The van der Waals surface area contributed by atoms with Gasteiger partial charge in [-0.1, -0.05) is 36.4 Å². The van der Waals surface area contributed by atoms with Crippen molar-refractivity contribution in [3.63, 3.8) is 0 Å². The molecule has 0 bridgehead atoms. The van der Waals surface area contributed by atoms with Crippen LogP contribution < -0.4 is 5.32 Å². The summed E-state index contributed by atoms with van der Waals surface area (Å²) in [6, 6.07) is -0.981. The van der Waals surface area contributed by atoms with E-state index in [1.54, 1.807) is 0 Å². The van der Waals surface area contributed by atoms with Crippen LogP contribution in [0.25, 0.3) is 0 Å². The average Bonchev–Trinajstić information content (AvgIpc) is 2.43. The highest BCUT2D eigenvalue weighted by molar-refractivity contribution is 14.1. The lowest BCUT2D eigenvalue weighted by Crippen LogP contribution is -2.43. The first kappa shape index (κ1) is 21.0. The van der Waals surface area contributed by atoms with Crippen LogP contribution in [0.3, 0.4) is 0 Å². The second kappa shape index (κ2) is 10.7. The van der Waals surface area contributed by atoms with Crippen LogP contribution >= 0.6 is 22.6 Å². The summed E-state index contributed by atoms with van der Waals surface area (Å²) in [6.07, 6.45) is 1.23. The summed E-state index contributed by atoms with van der Waals surface area (Å²) in [6.45, 7) is 5.03. The lowest BCUT2D eigenvalue weighted by atomic mass is 9.88. The first-order valence-corrected chi connectivity index (χ1v) is 8.84. The van der Waals surface area contributed by atoms with Crippen molar-refractivity contribution >= 4 is 46.0 Å². The fourth-order valence-electron chi connectivity index (χ4n) is 1.91. The molecule has 0 radical (unpaired) electrons. The second-order valence-corrected chi connectivity index (χ2v) is 6.45. The molecule has 0 aromatic carbocycles. The molecule has 0 aliphatic heterocycles. The van der Waals surface area contributed by atoms with Crippen LogP contribution in [0.5, 0.6) is 0 Å². The molecule has 0 spiro atoms. The maximum atomic E-state index is 12.1. The number of amides is 1. The first-order chi connectivity index (χ1) is 10.2. The standard InChI is InChI=1S/C15H24INO5/c1-9(2)13(14(20)17-10(3)15(21)22)7-11(18)5-4-6-12(19)8-16/h9-10,13H,4-8H2,1-3H3,(H,17,20)(H,21,22)/t10-,13-/m0/s1. The molecule has 0 aromatic rings. The Bertz CT molecular complexity index is 422. The number of carbonyl (C=O) groups is 4. The molecule has 0 fully saturated rings. The highest BCUT2D eigenvalue weighted by atomic mass is 127. The van der Waals surface area contributed by atoms with E-state index in [1.165, 1.54) is 6.92 Å². The predicted octanol–water partition coefficient (Wildman–Crippen LogP) is 1.98. The van der Waals surface area contributed by atoms with Gasteiger partial charge in [0.05, 0.1) is 4.43 Å². The summed E-state index contributed by atoms with van der Waals surface area (Å²) in [5, 5.41) is 11.2. The van der Waals surface area contributed by atoms with Gasteiger partial charge in [-0.3, -0.25) is 19.2 Å². The minimum Gasteiger partial charge on any atom is -0.480 e. The number of rotatable bonds is 11. The average molecular weight is 425 g/mol. The molecule has 0 aliphatic carbocycles. The van der Waals surface area contributed by atoms with Gasteiger partial charge in [-0.05, 0) is 19.3 Å². The predicted molar refractivity (Wildman–Crippen MR) is 90.9 cm³/mol. The molecule has 0 unspecified atom stereocenters. The topological polar surface area (TPSA) is 101 Å². The van der Waals surface area contributed by atoms with E-state index in [2.05, 4.69) is 5.32 Å². The molecule has 0 saturated carbocycles. The molecular weight excluding hydrogens is 401 g/mol. The van der Waals surface area contributed by atoms with E-state index in [4.69, 9.17) is 5.11 Å². The lowest BCUT2D eigenvalue weighted by Gasteiger charge is -2.21. The van der Waals surface area contributed by atoms with Gasteiger partial charge in [0, 0.05) is 25.2 Å². The lowest BCUT2D eigenvalue weighted by molar-refractivity contribution is -0.142. The van der Waals surface area contributed by atoms with Crippen molar-refractivity contribution in [2.75, 3.05) is 4.43 Å². The first-order valence-electron chi connectivity index (χ1n) is 7.31. The molecule has 0 rings (SSSR count). The van der Waals surface area contributed by atoms with Crippen molar-refractivity contribution < 1.29 is 24.3 Å². The van der Waals surface area contributed by atoms with Crippen molar-refractivity contribution in [1.29, 1.82) is 0 Å². The molecule has 7 heteroatoms. The summed E-state index contributed by atoms with van der Waals surface area (Å²) in [5.41, 5.74) is 0. The monoisotopic (exact) mass is 425 g/mol. The summed E-state index contributed by atoms with van der Waals surface area (Å²) >= 11 is 1.99. The Balaban J connectivity index is 4.45. The third-order valence-corrected chi connectivity index (χ3v) is 4.23. The molecule has 0 aliphatic rings. The van der Waals surface area contributed by atoms with Crippen LogP contribution in [-0.4, -0.2) is 39.0 Å². The molecule has 0 aromatic heterocycles. The van der Waals surface area contributed by atoms with Gasteiger partial charge in [0.15, 0.2) is 0 Å². The van der Waals surface area contributed by atoms with Crippen molar-refractivity contribution in [1.82, 2.24) is 5.32 Å². The molecule has 1 amide bonds. The molecule has 2 atom stereocenters. The van der Waals surface area contributed by atoms with Crippen LogP contribution in [0.2, 0.25) is 0 Å². The van der Waals surface area contributed by atoms with Gasteiger partial charge >= 0.3 is 5.97 Å². The summed E-state index contributed by atoms with van der Waals surface area (Å²) in [4.78, 5) is 46.0. The summed E-state index contributed by atoms with van der Waals surface area (Å²) in [7, 11) is 0.